The third-order valence-electron chi connectivity index (χ3n) is 3.15. The minimum atomic E-state index is -0.264. The Morgan fingerprint density at radius 1 is 1.27 bits per heavy atom. The van der Waals surface area contributed by atoms with E-state index in [9.17, 15) is 4.79 Å². The highest BCUT2D eigenvalue weighted by Gasteiger charge is 2.14. The number of nitrogens with zero attached hydrogens (tertiary/aromatic N) is 4. The van der Waals surface area contributed by atoms with Gasteiger partial charge in [0.15, 0.2) is 11.8 Å². The van der Waals surface area contributed by atoms with E-state index in [0.29, 0.717) is 36.3 Å². The Hall–Kier alpha value is -2.97. The normalized spacial score (nSPS) is 11.9. The number of aliphatic imine (C=N–C) groups is 1. The predicted molar refractivity (Wildman–Crippen MR) is 98.5 cm³/mol. The molecule has 0 atom stereocenters. The Bertz CT molecular complexity index is 735. The Morgan fingerprint density at radius 3 is 2.73 bits per heavy atom. The van der Waals surface area contributed by atoms with Crippen LogP contribution in [-0.4, -0.2) is 52.7 Å². The van der Waals surface area contributed by atoms with Gasteiger partial charge in [0.1, 0.15) is 5.69 Å². The van der Waals surface area contributed by atoms with Crippen LogP contribution in [0.4, 0.5) is 0 Å². The van der Waals surface area contributed by atoms with Crippen molar-refractivity contribution in [3.05, 3.63) is 30.2 Å². The molecule has 0 aliphatic rings. The molecule has 3 N–H and O–H groups in total. The van der Waals surface area contributed by atoms with Crippen LogP contribution >= 0.6 is 0 Å². The second-order valence-electron chi connectivity index (χ2n) is 6.63. The Labute approximate surface area is 152 Å². The van der Waals surface area contributed by atoms with Gasteiger partial charge >= 0.3 is 0 Å². The van der Waals surface area contributed by atoms with Crippen molar-refractivity contribution < 1.29 is 9.32 Å². The number of carbonyl (C=O) groups is 1. The van der Waals surface area contributed by atoms with Gasteiger partial charge in [-0.3, -0.25) is 14.8 Å². The van der Waals surface area contributed by atoms with E-state index in [2.05, 4.69) is 36.1 Å². The van der Waals surface area contributed by atoms with Crippen LogP contribution in [0.15, 0.2) is 33.9 Å². The topological polar surface area (TPSA) is 117 Å². The molecule has 0 saturated heterocycles. The molecular weight excluding hydrogens is 334 g/mol. The molecule has 9 heteroatoms. The molecule has 2 aromatic rings. The first kappa shape index (κ1) is 19.4. The van der Waals surface area contributed by atoms with Crippen LogP contribution in [0.5, 0.6) is 0 Å². The largest absolute Gasteiger partial charge is 0.356 e. The first-order valence-corrected chi connectivity index (χ1v) is 8.37. The number of hydrogen-bond donors (Lipinski definition) is 3. The van der Waals surface area contributed by atoms with Crippen molar-refractivity contribution in [2.75, 3.05) is 20.1 Å². The maximum Gasteiger partial charge on any atom is 0.276 e. The lowest BCUT2D eigenvalue weighted by Gasteiger charge is -2.21. The summed E-state index contributed by atoms with van der Waals surface area (Å²) >= 11 is 0. The number of nitrogens with one attached hydrogen (secondary N) is 3. The molecule has 0 spiro atoms. The number of hydrogen-bond acceptors (Lipinski definition) is 6. The van der Waals surface area contributed by atoms with Crippen LogP contribution < -0.4 is 16.0 Å². The number of pyridine rings is 1. The van der Waals surface area contributed by atoms with Gasteiger partial charge in [-0.2, -0.15) is 4.98 Å². The summed E-state index contributed by atoms with van der Waals surface area (Å²) in [4.78, 5) is 24.4. The lowest BCUT2D eigenvalue weighted by molar-refractivity contribution is -0.121. The van der Waals surface area contributed by atoms with Crippen molar-refractivity contribution in [2.24, 2.45) is 4.99 Å². The minimum absolute atomic E-state index is 0.0985. The third kappa shape index (κ3) is 6.50. The quantitative estimate of drug-likeness (QED) is 0.515. The zero-order valence-electron chi connectivity index (χ0n) is 15.5. The summed E-state index contributed by atoms with van der Waals surface area (Å²) in [6.45, 7) is 6.48. The van der Waals surface area contributed by atoms with Crippen LogP contribution in [-0.2, 0) is 11.2 Å². The summed E-state index contributed by atoms with van der Waals surface area (Å²) in [6.07, 6.45) is 2.22. The van der Waals surface area contributed by atoms with E-state index in [1.807, 2.05) is 39.0 Å². The van der Waals surface area contributed by atoms with Gasteiger partial charge in [0, 0.05) is 31.7 Å². The molecule has 1 amide bonds. The Kier molecular flexibility index (Phi) is 6.65. The maximum atomic E-state index is 11.8. The molecule has 0 fully saturated rings. The predicted octanol–water partition coefficient (Wildman–Crippen LogP) is 0.754. The number of amides is 1. The zero-order valence-corrected chi connectivity index (χ0v) is 15.5. The van der Waals surface area contributed by atoms with Gasteiger partial charge in [-0.25, -0.2) is 0 Å². The number of carbonyl (C=O) groups excluding carboxylic acids is 1. The Balaban J connectivity index is 1.76. The summed E-state index contributed by atoms with van der Waals surface area (Å²) in [6, 6.07) is 5.49. The van der Waals surface area contributed by atoms with Crippen molar-refractivity contribution in [3.8, 4) is 11.6 Å². The van der Waals surface area contributed by atoms with E-state index < -0.39 is 0 Å². The maximum absolute atomic E-state index is 11.8. The van der Waals surface area contributed by atoms with Crippen molar-refractivity contribution in [1.82, 2.24) is 31.1 Å². The van der Waals surface area contributed by atoms with Crippen molar-refractivity contribution in [1.29, 1.82) is 0 Å². The smallest absolute Gasteiger partial charge is 0.276 e. The molecule has 0 aromatic carbocycles. The van der Waals surface area contributed by atoms with Crippen molar-refractivity contribution >= 4 is 11.9 Å². The first-order chi connectivity index (χ1) is 12.4. The second kappa shape index (κ2) is 8.93. The standard InChI is InChI=1S/C17H25N7O2/c1-17(2,3)23-14(25)11-21-16(18-4)20-10-8-13-22-15(26-24-13)12-7-5-6-9-19-12/h5-7,9H,8,10-11H2,1-4H3,(H,23,25)(H2,18,20,21). The van der Waals surface area contributed by atoms with E-state index in [0.717, 1.165) is 0 Å². The van der Waals surface area contributed by atoms with Gasteiger partial charge in [0.05, 0.1) is 6.54 Å². The van der Waals surface area contributed by atoms with E-state index >= 15 is 0 Å². The lowest BCUT2D eigenvalue weighted by Crippen LogP contribution is -2.48. The van der Waals surface area contributed by atoms with Crippen LogP contribution in [0, 0.1) is 0 Å². The molecule has 0 radical (unpaired) electrons. The lowest BCUT2D eigenvalue weighted by atomic mass is 10.1. The molecule has 9 nitrogen and oxygen atoms in total. The first-order valence-electron chi connectivity index (χ1n) is 8.37. The highest BCUT2D eigenvalue weighted by Crippen LogP contribution is 2.12. The van der Waals surface area contributed by atoms with Crippen LogP contribution in [0.3, 0.4) is 0 Å². The van der Waals surface area contributed by atoms with Gasteiger partial charge in [0.25, 0.3) is 5.89 Å². The third-order valence-corrected chi connectivity index (χ3v) is 3.15. The van der Waals surface area contributed by atoms with E-state index in [1.165, 1.54) is 0 Å². The molecule has 0 aliphatic carbocycles. The van der Waals surface area contributed by atoms with Crippen LogP contribution in [0.25, 0.3) is 11.6 Å². The number of rotatable bonds is 6. The number of guanidine groups is 1. The average Bonchev–Trinajstić information content (AvgIpc) is 3.06. The summed E-state index contributed by atoms with van der Waals surface area (Å²) in [5.41, 5.74) is 0.376. The van der Waals surface area contributed by atoms with Gasteiger partial charge in [-0.05, 0) is 32.9 Å². The van der Waals surface area contributed by atoms with Crippen LogP contribution in [0.1, 0.15) is 26.6 Å². The Morgan fingerprint density at radius 2 is 2.08 bits per heavy atom. The molecule has 0 saturated carbocycles. The molecule has 0 bridgehead atoms. The highest BCUT2D eigenvalue weighted by molar-refractivity contribution is 5.86. The SMILES string of the molecule is CN=C(NCCc1noc(-c2ccccn2)n1)NCC(=O)NC(C)(C)C. The van der Waals surface area contributed by atoms with Gasteiger partial charge < -0.3 is 20.5 Å². The fourth-order valence-electron chi connectivity index (χ4n) is 2.09. The van der Waals surface area contributed by atoms with E-state index in [4.69, 9.17) is 4.52 Å². The molecular formula is C17H25N7O2. The second-order valence-corrected chi connectivity index (χ2v) is 6.63. The zero-order chi connectivity index (χ0) is 19.0. The molecule has 2 rings (SSSR count). The van der Waals surface area contributed by atoms with Gasteiger partial charge in [-0.15, -0.1) is 0 Å². The van der Waals surface area contributed by atoms with E-state index in [1.54, 1.807) is 13.2 Å². The fourth-order valence-corrected chi connectivity index (χ4v) is 2.09. The summed E-state index contributed by atoms with van der Waals surface area (Å²) in [7, 11) is 1.64. The van der Waals surface area contributed by atoms with Gasteiger partial charge in [-0.1, -0.05) is 11.2 Å². The summed E-state index contributed by atoms with van der Waals surface area (Å²) in [5, 5.41) is 12.9. The molecule has 26 heavy (non-hydrogen) atoms. The number of aromatic nitrogens is 3. The monoisotopic (exact) mass is 359 g/mol. The molecule has 0 unspecified atom stereocenters. The fraction of sp³-hybridized carbons (Fsp3) is 0.471. The average molecular weight is 359 g/mol. The van der Waals surface area contributed by atoms with Gasteiger partial charge in [0.2, 0.25) is 5.91 Å². The molecule has 2 heterocycles. The van der Waals surface area contributed by atoms with Crippen LogP contribution in [0.2, 0.25) is 0 Å². The molecule has 140 valence electrons. The van der Waals surface area contributed by atoms with Crippen molar-refractivity contribution in [3.63, 3.8) is 0 Å². The molecule has 2 aromatic heterocycles. The van der Waals surface area contributed by atoms with Crippen molar-refractivity contribution in [2.45, 2.75) is 32.7 Å². The summed E-state index contributed by atoms with van der Waals surface area (Å²) in [5.74, 6) is 1.39. The van der Waals surface area contributed by atoms with E-state index in [-0.39, 0.29) is 18.0 Å². The summed E-state index contributed by atoms with van der Waals surface area (Å²) < 4.78 is 5.21. The molecule has 0 aliphatic heterocycles. The minimum Gasteiger partial charge on any atom is -0.356 e. The highest BCUT2D eigenvalue weighted by atomic mass is 16.5.